The van der Waals surface area contributed by atoms with Crippen molar-refractivity contribution in [1.29, 1.82) is 0 Å². The largest absolute Gasteiger partial charge is 0.481 e. The van der Waals surface area contributed by atoms with Gasteiger partial charge in [0, 0.05) is 7.05 Å². The molecule has 2 atom stereocenters. The van der Waals surface area contributed by atoms with Gasteiger partial charge in [-0.1, -0.05) is 0 Å². The summed E-state index contributed by atoms with van der Waals surface area (Å²) in [5.74, 6) is -1.34. The Morgan fingerprint density at radius 2 is 2.17 bits per heavy atom. The predicted molar refractivity (Wildman–Crippen MR) is 61.3 cm³/mol. The van der Waals surface area contributed by atoms with E-state index >= 15 is 0 Å². The monoisotopic (exact) mass is 253 g/mol. The maximum absolute atomic E-state index is 12.2. The van der Waals surface area contributed by atoms with Crippen LogP contribution < -0.4 is 0 Å². The molecule has 6 heteroatoms. The number of aryl methyl sites for hydroxylation is 1. The Morgan fingerprint density at radius 3 is 2.72 bits per heavy atom. The minimum absolute atomic E-state index is 0.141. The summed E-state index contributed by atoms with van der Waals surface area (Å²) >= 11 is 0. The maximum Gasteiger partial charge on any atom is 0.311 e. The molecule has 0 bridgehead atoms. The lowest BCUT2D eigenvalue weighted by molar-refractivity contribution is -0.142. The van der Waals surface area contributed by atoms with E-state index in [9.17, 15) is 9.59 Å². The quantitative estimate of drug-likeness (QED) is 0.860. The standard InChI is InChI=1S/C12H15NO5/c1-7-8(3-4-18-7)11(14)13(2)10-6-17-5-9(10)12(15)16/h3-4,9-10H,5-6H2,1-2H3,(H,15,16). The highest BCUT2D eigenvalue weighted by atomic mass is 16.5. The first-order chi connectivity index (χ1) is 8.52. The molecule has 1 aliphatic heterocycles. The molecular weight excluding hydrogens is 238 g/mol. The predicted octanol–water partition coefficient (Wildman–Crippen LogP) is 0.760. The molecule has 0 radical (unpaired) electrons. The molecule has 98 valence electrons. The molecule has 2 unspecified atom stereocenters. The summed E-state index contributed by atoms with van der Waals surface area (Å²) in [4.78, 5) is 24.7. The molecule has 1 N–H and O–H groups in total. The van der Waals surface area contributed by atoms with E-state index in [-0.39, 0.29) is 19.1 Å². The van der Waals surface area contributed by atoms with Crippen LogP contribution in [-0.2, 0) is 9.53 Å². The Bertz CT molecular complexity index is 467. The maximum atomic E-state index is 12.2. The molecule has 1 fully saturated rings. The highest BCUT2D eigenvalue weighted by molar-refractivity contribution is 5.95. The van der Waals surface area contributed by atoms with Crippen molar-refractivity contribution in [3.05, 3.63) is 23.7 Å². The number of nitrogens with zero attached hydrogens (tertiary/aromatic N) is 1. The van der Waals surface area contributed by atoms with Gasteiger partial charge in [0.1, 0.15) is 11.7 Å². The van der Waals surface area contributed by atoms with Gasteiger partial charge in [0.15, 0.2) is 0 Å². The van der Waals surface area contributed by atoms with Gasteiger partial charge < -0.3 is 19.2 Å². The molecule has 6 nitrogen and oxygen atoms in total. The first kappa shape index (κ1) is 12.6. The van der Waals surface area contributed by atoms with Crippen molar-refractivity contribution in [1.82, 2.24) is 4.90 Å². The van der Waals surface area contributed by atoms with Crippen molar-refractivity contribution in [3.63, 3.8) is 0 Å². The molecule has 1 aliphatic rings. The van der Waals surface area contributed by atoms with Crippen LogP contribution in [0.5, 0.6) is 0 Å². The second kappa shape index (κ2) is 4.81. The second-order valence-electron chi connectivity index (χ2n) is 4.36. The zero-order valence-corrected chi connectivity index (χ0v) is 10.3. The molecule has 0 aromatic carbocycles. The van der Waals surface area contributed by atoms with E-state index in [1.807, 2.05) is 0 Å². The number of carboxylic acids is 1. The second-order valence-corrected chi connectivity index (χ2v) is 4.36. The van der Waals surface area contributed by atoms with Crippen molar-refractivity contribution >= 4 is 11.9 Å². The first-order valence-electron chi connectivity index (χ1n) is 5.64. The third kappa shape index (κ3) is 2.11. The number of amides is 1. The third-order valence-corrected chi connectivity index (χ3v) is 3.27. The first-order valence-corrected chi connectivity index (χ1v) is 5.64. The molecule has 0 spiro atoms. The average molecular weight is 253 g/mol. The van der Waals surface area contributed by atoms with Crippen LogP contribution in [0.1, 0.15) is 16.1 Å². The van der Waals surface area contributed by atoms with Crippen molar-refractivity contribution in [2.75, 3.05) is 20.3 Å². The zero-order valence-electron chi connectivity index (χ0n) is 10.3. The molecular formula is C12H15NO5. The summed E-state index contributed by atoms with van der Waals surface area (Å²) in [6.07, 6.45) is 1.44. The molecule has 0 saturated carbocycles. The number of likely N-dealkylation sites (N-methyl/N-ethyl adjacent to an activating group) is 1. The van der Waals surface area contributed by atoms with E-state index in [2.05, 4.69) is 0 Å². The topological polar surface area (TPSA) is 80.0 Å². The van der Waals surface area contributed by atoms with Gasteiger partial charge >= 0.3 is 5.97 Å². The van der Waals surface area contributed by atoms with E-state index in [0.717, 1.165) is 0 Å². The van der Waals surface area contributed by atoms with Crippen LogP contribution in [0, 0.1) is 12.8 Å². The number of carboxylic acid groups (broad SMARTS) is 1. The fraction of sp³-hybridized carbons (Fsp3) is 0.500. The lowest BCUT2D eigenvalue weighted by Gasteiger charge is -2.26. The van der Waals surface area contributed by atoms with Gasteiger partial charge in [0.2, 0.25) is 0 Å². The molecule has 2 rings (SSSR count). The van der Waals surface area contributed by atoms with E-state index in [1.165, 1.54) is 11.2 Å². The van der Waals surface area contributed by atoms with E-state index < -0.39 is 17.9 Å². The van der Waals surface area contributed by atoms with Crippen LogP contribution in [0.15, 0.2) is 16.7 Å². The Kier molecular flexibility index (Phi) is 3.38. The number of furan rings is 1. The molecule has 18 heavy (non-hydrogen) atoms. The van der Waals surface area contributed by atoms with Gasteiger partial charge in [0.05, 0.1) is 31.1 Å². The highest BCUT2D eigenvalue weighted by Gasteiger charge is 2.39. The number of rotatable bonds is 3. The van der Waals surface area contributed by atoms with E-state index in [1.54, 1.807) is 20.0 Å². The van der Waals surface area contributed by atoms with E-state index in [4.69, 9.17) is 14.3 Å². The lowest BCUT2D eigenvalue weighted by Crippen LogP contribution is -2.44. The summed E-state index contributed by atoms with van der Waals surface area (Å²) < 4.78 is 10.2. The Balaban J connectivity index is 2.16. The normalized spacial score (nSPS) is 23.0. The number of aliphatic carboxylic acids is 1. The van der Waals surface area contributed by atoms with Gasteiger partial charge in [-0.3, -0.25) is 9.59 Å². The Morgan fingerprint density at radius 1 is 1.44 bits per heavy atom. The smallest absolute Gasteiger partial charge is 0.311 e. The van der Waals surface area contributed by atoms with Crippen LogP contribution in [-0.4, -0.2) is 48.2 Å². The van der Waals surface area contributed by atoms with Gasteiger partial charge in [-0.05, 0) is 13.0 Å². The molecule has 1 amide bonds. The minimum Gasteiger partial charge on any atom is -0.481 e. The molecule has 1 aromatic rings. The highest BCUT2D eigenvalue weighted by Crippen LogP contribution is 2.21. The molecule has 1 saturated heterocycles. The number of carbonyl (C=O) groups excluding carboxylic acids is 1. The Labute approximate surface area is 104 Å². The minimum atomic E-state index is -0.943. The van der Waals surface area contributed by atoms with Crippen molar-refractivity contribution in [3.8, 4) is 0 Å². The SMILES string of the molecule is Cc1occc1C(=O)N(C)C1COCC1C(=O)O. The van der Waals surface area contributed by atoms with Gasteiger partial charge in [-0.15, -0.1) is 0 Å². The summed E-state index contributed by atoms with van der Waals surface area (Å²) in [6, 6.07) is 1.14. The van der Waals surface area contributed by atoms with Gasteiger partial charge in [-0.25, -0.2) is 0 Å². The van der Waals surface area contributed by atoms with Gasteiger partial charge in [-0.2, -0.15) is 0 Å². The summed E-state index contributed by atoms with van der Waals surface area (Å²) in [7, 11) is 1.59. The fourth-order valence-corrected chi connectivity index (χ4v) is 2.11. The van der Waals surface area contributed by atoms with Crippen molar-refractivity contribution in [2.45, 2.75) is 13.0 Å². The molecule has 1 aromatic heterocycles. The van der Waals surface area contributed by atoms with Crippen LogP contribution in [0.4, 0.5) is 0 Å². The van der Waals surface area contributed by atoms with Crippen LogP contribution in [0.2, 0.25) is 0 Å². The van der Waals surface area contributed by atoms with Crippen molar-refractivity contribution < 1.29 is 23.8 Å². The van der Waals surface area contributed by atoms with Crippen LogP contribution in [0.25, 0.3) is 0 Å². The molecule has 0 aliphatic carbocycles. The average Bonchev–Trinajstić information content (AvgIpc) is 2.95. The summed E-state index contributed by atoms with van der Waals surface area (Å²) in [6.45, 7) is 2.08. The number of carbonyl (C=O) groups is 2. The molecule has 2 heterocycles. The summed E-state index contributed by atoms with van der Waals surface area (Å²) in [5, 5.41) is 9.06. The third-order valence-electron chi connectivity index (χ3n) is 3.27. The number of hydrogen-bond acceptors (Lipinski definition) is 4. The fourth-order valence-electron chi connectivity index (χ4n) is 2.11. The van der Waals surface area contributed by atoms with Crippen molar-refractivity contribution in [2.24, 2.45) is 5.92 Å². The Hall–Kier alpha value is -1.82. The lowest BCUT2D eigenvalue weighted by atomic mass is 10.0. The van der Waals surface area contributed by atoms with Gasteiger partial charge in [0.25, 0.3) is 5.91 Å². The number of hydrogen-bond donors (Lipinski definition) is 1. The van der Waals surface area contributed by atoms with Crippen LogP contribution >= 0.6 is 0 Å². The van der Waals surface area contributed by atoms with Crippen LogP contribution in [0.3, 0.4) is 0 Å². The summed E-state index contributed by atoms with van der Waals surface area (Å²) in [5.41, 5.74) is 0.452. The van der Waals surface area contributed by atoms with E-state index in [0.29, 0.717) is 11.3 Å². The zero-order chi connectivity index (χ0) is 13.3. The number of ether oxygens (including phenoxy) is 1.